The van der Waals surface area contributed by atoms with Crippen LogP contribution in [0.4, 0.5) is 0 Å². The van der Waals surface area contributed by atoms with Crippen LogP contribution in [0.15, 0.2) is 41.5 Å². The highest BCUT2D eigenvalue weighted by atomic mass is 35.5. The molecule has 0 atom stereocenters. The summed E-state index contributed by atoms with van der Waals surface area (Å²) in [5.74, 6) is -0.0178. The molecule has 6 heteroatoms. The zero-order valence-corrected chi connectivity index (χ0v) is 14.3. The molecule has 0 saturated carbocycles. The number of nitrogens with zero attached hydrogens (tertiary/aromatic N) is 1. The summed E-state index contributed by atoms with van der Waals surface area (Å²) in [6.45, 7) is 4.15. The fraction of sp³-hybridized carbons (Fsp3) is 0.176. The Morgan fingerprint density at radius 3 is 2.78 bits per heavy atom. The summed E-state index contributed by atoms with van der Waals surface area (Å²) in [6.07, 6.45) is 1.59. The van der Waals surface area contributed by atoms with Crippen LogP contribution in [0.25, 0.3) is 10.9 Å². The van der Waals surface area contributed by atoms with Crippen LogP contribution in [0.5, 0.6) is 0 Å². The molecule has 2 heterocycles. The third-order valence-electron chi connectivity index (χ3n) is 3.50. The molecule has 3 rings (SSSR count). The van der Waals surface area contributed by atoms with Gasteiger partial charge in [-0.05, 0) is 29.7 Å². The Morgan fingerprint density at radius 1 is 1.30 bits per heavy atom. The normalized spacial score (nSPS) is 11.7. The first kappa shape index (κ1) is 15.8. The van der Waals surface area contributed by atoms with Crippen LogP contribution in [-0.2, 0) is 0 Å². The summed E-state index contributed by atoms with van der Waals surface area (Å²) in [5.41, 5.74) is 5.09. The highest BCUT2D eigenvalue weighted by molar-refractivity contribution is 7.17. The van der Waals surface area contributed by atoms with Gasteiger partial charge in [-0.25, -0.2) is 5.43 Å². The molecule has 0 unspecified atom stereocenters. The quantitative estimate of drug-likeness (QED) is 0.519. The lowest BCUT2D eigenvalue weighted by Crippen LogP contribution is -2.19. The minimum absolute atomic E-state index is 0.229. The number of H-pyrrole nitrogens is 1. The number of hydrazone groups is 1. The van der Waals surface area contributed by atoms with Crippen LogP contribution in [0.1, 0.15) is 40.7 Å². The van der Waals surface area contributed by atoms with E-state index in [1.165, 1.54) is 11.3 Å². The van der Waals surface area contributed by atoms with Crippen molar-refractivity contribution in [3.8, 4) is 0 Å². The van der Waals surface area contributed by atoms with Crippen molar-refractivity contribution >= 4 is 46.0 Å². The monoisotopic (exact) mass is 345 g/mol. The van der Waals surface area contributed by atoms with Crippen molar-refractivity contribution < 1.29 is 4.79 Å². The van der Waals surface area contributed by atoms with Crippen molar-refractivity contribution in [2.75, 3.05) is 0 Å². The molecule has 0 saturated heterocycles. The summed E-state index contributed by atoms with van der Waals surface area (Å²) < 4.78 is 0.690. The Kier molecular flexibility index (Phi) is 4.50. The van der Waals surface area contributed by atoms with E-state index in [0.29, 0.717) is 10.0 Å². The zero-order chi connectivity index (χ0) is 16.4. The summed E-state index contributed by atoms with van der Waals surface area (Å²) in [6, 6.07) is 11.6. The third-order valence-corrected chi connectivity index (χ3v) is 4.67. The van der Waals surface area contributed by atoms with Crippen LogP contribution in [0.3, 0.4) is 0 Å². The number of para-hydroxylation sites is 1. The molecule has 1 aromatic carbocycles. The smallest absolute Gasteiger partial charge is 0.288 e. The van der Waals surface area contributed by atoms with E-state index in [0.717, 1.165) is 21.3 Å². The van der Waals surface area contributed by atoms with Gasteiger partial charge in [-0.3, -0.25) is 4.79 Å². The fourth-order valence-electron chi connectivity index (χ4n) is 2.55. The number of halogens is 1. The van der Waals surface area contributed by atoms with E-state index in [4.69, 9.17) is 11.6 Å². The molecule has 0 radical (unpaired) electrons. The van der Waals surface area contributed by atoms with Crippen molar-refractivity contribution in [1.29, 1.82) is 0 Å². The highest BCUT2D eigenvalue weighted by Gasteiger charge is 2.19. The maximum atomic E-state index is 12.5. The number of aromatic nitrogens is 1. The number of hydrogen-bond acceptors (Lipinski definition) is 3. The topological polar surface area (TPSA) is 57.2 Å². The van der Waals surface area contributed by atoms with Gasteiger partial charge in [-0.15, -0.1) is 11.3 Å². The standard InChI is InChI=1S/C17H16ClN3OS/c1-10(2)15-12-5-3-4-6-13(12)20-16(15)17(22)21-19-9-11-7-8-14(18)23-11/h3-10,20H,1-2H3,(H,21,22). The molecule has 0 bridgehead atoms. The summed E-state index contributed by atoms with van der Waals surface area (Å²) in [5, 5.41) is 5.08. The van der Waals surface area contributed by atoms with Gasteiger partial charge in [0.1, 0.15) is 5.69 Å². The molecular weight excluding hydrogens is 330 g/mol. The van der Waals surface area contributed by atoms with Crippen LogP contribution in [0, 0.1) is 0 Å². The number of amides is 1. The Labute approximate surface area is 143 Å². The number of benzene rings is 1. The van der Waals surface area contributed by atoms with Gasteiger partial charge in [0, 0.05) is 15.8 Å². The van der Waals surface area contributed by atoms with E-state index in [1.54, 1.807) is 12.3 Å². The molecule has 4 nitrogen and oxygen atoms in total. The van der Waals surface area contributed by atoms with Crippen molar-refractivity contribution in [2.45, 2.75) is 19.8 Å². The molecule has 2 N–H and O–H groups in total. The average Bonchev–Trinajstić information content (AvgIpc) is 3.10. The molecule has 0 aliphatic rings. The molecule has 2 aromatic heterocycles. The number of hydrogen-bond donors (Lipinski definition) is 2. The van der Waals surface area contributed by atoms with E-state index in [-0.39, 0.29) is 11.8 Å². The first-order chi connectivity index (χ1) is 11.1. The van der Waals surface area contributed by atoms with Gasteiger partial charge in [0.2, 0.25) is 0 Å². The molecule has 23 heavy (non-hydrogen) atoms. The maximum Gasteiger partial charge on any atom is 0.288 e. The molecule has 0 aliphatic heterocycles. The number of carbonyl (C=O) groups is 1. The molecule has 3 aromatic rings. The number of carbonyl (C=O) groups excluding carboxylic acids is 1. The lowest BCUT2D eigenvalue weighted by molar-refractivity contribution is 0.0949. The predicted molar refractivity (Wildman–Crippen MR) is 96.8 cm³/mol. The molecule has 0 fully saturated rings. The highest BCUT2D eigenvalue weighted by Crippen LogP contribution is 2.29. The Balaban J connectivity index is 1.86. The number of nitrogens with one attached hydrogen (secondary N) is 2. The summed E-state index contributed by atoms with van der Waals surface area (Å²) in [4.78, 5) is 16.5. The third kappa shape index (κ3) is 3.30. The van der Waals surface area contributed by atoms with Gasteiger partial charge in [0.05, 0.1) is 10.6 Å². The van der Waals surface area contributed by atoms with Crippen molar-refractivity contribution in [3.05, 3.63) is 56.9 Å². The van der Waals surface area contributed by atoms with E-state index in [9.17, 15) is 4.79 Å². The minimum Gasteiger partial charge on any atom is -0.350 e. The second-order valence-electron chi connectivity index (χ2n) is 5.45. The molecule has 0 spiro atoms. The van der Waals surface area contributed by atoms with Crippen molar-refractivity contribution in [2.24, 2.45) is 5.10 Å². The molecule has 1 amide bonds. The second kappa shape index (κ2) is 6.56. The van der Waals surface area contributed by atoms with E-state index in [2.05, 4.69) is 29.4 Å². The summed E-state index contributed by atoms with van der Waals surface area (Å²) >= 11 is 7.27. The van der Waals surface area contributed by atoms with Gasteiger partial charge in [0.15, 0.2) is 0 Å². The largest absolute Gasteiger partial charge is 0.350 e. The Morgan fingerprint density at radius 2 is 2.09 bits per heavy atom. The van der Waals surface area contributed by atoms with Gasteiger partial charge in [0.25, 0.3) is 5.91 Å². The summed E-state index contributed by atoms with van der Waals surface area (Å²) in [7, 11) is 0. The predicted octanol–water partition coefficient (Wildman–Crippen LogP) is 4.77. The van der Waals surface area contributed by atoms with Crippen molar-refractivity contribution in [3.63, 3.8) is 0 Å². The Hall–Kier alpha value is -2.11. The van der Waals surface area contributed by atoms with Crippen LogP contribution >= 0.6 is 22.9 Å². The second-order valence-corrected chi connectivity index (χ2v) is 7.20. The number of fused-ring (bicyclic) bond motifs is 1. The number of aromatic amines is 1. The number of rotatable bonds is 4. The molecule has 118 valence electrons. The lowest BCUT2D eigenvalue weighted by atomic mass is 9.99. The first-order valence-corrected chi connectivity index (χ1v) is 8.45. The first-order valence-electron chi connectivity index (χ1n) is 7.25. The molecular formula is C17H16ClN3OS. The van der Waals surface area contributed by atoms with Gasteiger partial charge < -0.3 is 4.98 Å². The van der Waals surface area contributed by atoms with E-state index in [1.807, 2.05) is 30.3 Å². The average molecular weight is 346 g/mol. The minimum atomic E-state index is -0.246. The van der Waals surface area contributed by atoms with Gasteiger partial charge in [-0.2, -0.15) is 5.10 Å². The van der Waals surface area contributed by atoms with Gasteiger partial charge in [-0.1, -0.05) is 43.6 Å². The molecule has 0 aliphatic carbocycles. The fourth-order valence-corrected chi connectivity index (χ4v) is 3.48. The van der Waals surface area contributed by atoms with Crippen molar-refractivity contribution in [1.82, 2.24) is 10.4 Å². The van der Waals surface area contributed by atoms with Crippen LogP contribution in [0.2, 0.25) is 4.34 Å². The van der Waals surface area contributed by atoms with Crippen LogP contribution < -0.4 is 5.43 Å². The van der Waals surface area contributed by atoms with E-state index < -0.39 is 0 Å². The number of thiophene rings is 1. The van der Waals surface area contributed by atoms with Gasteiger partial charge >= 0.3 is 0 Å². The van der Waals surface area contributed by atoms with E-state index >= 15 is 0 Å². The SMILES string of the molecule is CC(C)c1c(C(=O)NN=Cc2ccc(Cl)s2)[nH]c2ccccc12. The Bertz CT molecular complexity index is 879. The van der Waals surface area contributed by atoms with Crippen LogP contribution in [-0.4, -0.2) is 17.1 Å². The maximum absolute atomic E-state index is 12.5. The lowest BCUT2D eigenvalue weighted by Gasteiger charge is -2.06. The zero-order valence-electron chi connectivity index (χ0n) is 12.8.